The van der Waals surface area contributed by atoms with Crippen molar-refractivity contribution in [3.63, 3.8) is 0 Å². The molecule has 1 aromatic carbocycles. The van der Waals surface area contributed by atoms with Crippen molar-refractivity contribution in [1.82, 2.24) is 19.3 Å². The van der Waals surface area contributed by atoms with Gasteiger partial charge in [-0.15, -0.1) is 0 Å². The number of Topliss-reactive ketones (excluding diaryl/α,β-unsaturated/α-hetero) is 1. The highest BCUT2D eigenvalue weighted by molar-refractivity contribution is 6.30. The molecule has 0 bridgehead atoms. The Labute approximate surface area is 186 Å². The first kappa shape index (κ1) is 19.8. The number of hydrogen-bond acceptors (Lipinski definition) is 3. The summed E-state index contributed by atoms with van der Waals surface area (Å²) in [6, 6.07) is 7.68. The monoisotopic (exact) mass is 431 g/mol. The summed E-state index contributed by atoms with van der Waals surface area (Å²) in [7, 11) is 1.89. The molecule has 0 radical (unpaired) electrons. The van der Waals surface area contributed by atoms with Crippen molar-refractivity contribution >= 4 is 17.4 Å². The number of carbonyl (C=O) groups is 1. The summed E-state index contributed by atoms with van der Waals surface area (Å²) in [5.41, 5.74) is 3.62. The third-order valence-corrected chi connectivity index (χ3v) is 7.04. The molecule has 7 heteroatoms. The normalized spacial score (nSPS) is 24.9. The molecule has 6 nitrogen and oxygen atoms in total. The molecule has 2 aromatic heterocycles. The van der Waals surface area contributed by atoms with Gasteiger partial charge in [-0.1, -0.05) is 43.7 Å². The topological polar surface area (TPSA) is 57.1 Å². The fourth-order valence-corrected chi connectivity index (χ4v) is 5.50. The summed E-state index contributed by atoms with van der Waals surface area (Å²) in [4.78, 5) is 21.4. The van der Waals surface area contributed by atoms with E-state index in [-0.39, 0.29) is 23.3 Å². The van der Waals surface area contributed by atoms with E-state index in [0.29, 0.717) is 5.02 Å². The van der Waals surface area contributed by atoms with E-state index in [9.17, 15) is 4.79 Å². The molecule has 0 saturated heterocycles. The largest absolute Gasteiger partial charge is 0.308 e. The lowest BCUT2D eigenvalue weighted by Crippen LogP contribution is -2.45. The first-order chi connectivity index (χ1) is 14.8. The Morgan fingerprint density at radius 3 is 2.84 bits per heavy atom. The lowest BCUT2D eigenvalue weighted by atomic mass is 9.59. The van der Waals surface area contributed by atoms with Crippen molar-refractivity contribution < 1.29 is 4.79 Å². The standard InChI is InChI=1S/C24H22ClN5O/c1-14-18-8-9-20-22(24(18,2)11-19(26-3)21(14)31)28-23(15-6-5-7-16(25)10-15)30(20)17-12-27-29(4)13-17/h5-7,10-14,18H,8-9H2,1-2,4H3/t14-,18-,24-/m1/s1. The number of aromatic nitrogens is 4. The smallest absolute Gasteiger partial charge is 0.226 e. The number of imidazole rings is 1. The molecular weight excluding hydrogens is 410 g/mol. The first-order valence-corrected chi connectivity index (χ1v) is 10.7. The van der Waals surface area contributed by atoms with Crippen molar-refractivity contribution in [2.45, 2.75) is 32.1 Å². The van der Waals surface area contributed by atoms with Crippen LogP contribution in [-0.2, 0) is 23.7 Å². The van der Waals surface area contributed by atoms with Gasteiger partial charge in [0.15, 0.2) is 5.78 Å². The van der Waals surface area contributed by atoms with Crippen LogP contribution in [0.25, 0.3) is 21.9 Å². The van der Waals surface area contributed by atoms with Gasteiger partial charge >= 0.3 is 0 Å². The average Bonchev–Trinajstić information content (AvgIpc) is 3.34. The van der Waals surface area contributed by atoms with E-state index in [1.54, 1.807) is 4.68 Å². The minimum atomic E-state index is -0.485. The predicted octanol–water partition coefficient (Wildman–Crippen LogP) is 4.77. The fourth-order valence-electron chi connectivity index (χ4n) is 5.31. The van der Waals surface area contributed by atoms with Crippen LogP contribution in [0.15, 0.2) is 48.4 Å². The summed E-state index contributed by atoms with van der Waals surface area (Å²) < 4.78 is 3.93. The van der Waals surface area contributed by atoms with Gasteiger partial charge in [-0.25, -0.2) is 9.83 Å². The quantitative estimate of drug-likeness (QED) is 0.549. The maximum atomic E-state index is 12.7. The van der Waals surface area contributed by atoms with Crippen molar-refractivity contribution in [2.24, 2.45) is 18.9 Å². The number of fused-ring (bicyclic) bond motifs is 3. The van der Waals surface area contributed by atoms with Gasteiger partial charge < -0.3 is 4.79 Å². The molecule has 0 N–H and O–H groups in total. The number of carbonyl (C=O) groups excluding carboxylic acids is 1. The number of benzene rings is 1. The van der Waals surface area contributed by atoms with Crippen LogP contribution in [0.4, 0.5) is 0 Å². The third kappa shape index (κ3) is 2.88. The number of aryl methyl sites for hydroxylation is 1. The molecule has 3 aromatic rings. The van der Waals surface area contributed by atoms with E-state index < -0.39 is 5.41 Å². The molecule has 0 saturated carbocycles. The summed E-state index contributed by atoms with van der Waals surface area (Å²) in [5, 5.41) is 5.01. The van der Waals surface area contributed by atoms with Crippen molar-refractivity contribution in [3.8, 4) is 17.1 Å². The van der Waals surface area contributed by atoms with Gasteiger partial charge in [0.2, 0.25) is 5.70 Å². The van der Waals surface area contributed by atoms with E-state index in [1.807, 2.05) is 56.7 Å². The maximum absolute atomic E-state index is 12.7. The van der Waals surface area contributed by atoms with Crippen molar-refractivity contribution in [2.75, 3.05) is 0 Å². The Kier molecular flexibility index (Phi) is 4.42. The third-order valence-electron chi connectivity index (χ3n) is 6.80. The number of hydrogen-bond donors (Lipinski definition) is 0. The molecule has 2 aliphatic rings. The van der Waals surface area contributed by atoms with Gasteiger partial charge in [-0.3, -0.25) is 9.25 Å². The fraction of sp³-hybridized carbons (Fsp3) is 0.333. The van der Waals surface area contributed by atoms with Crippen LogP contribution in [0.5, 0.6) is 0 Å². The summed E-state index contributed by atoms with van der Waals surface area (Å²) >= 11 is 6.30. The van der Waals surface area contributed by atoms with E-state index in [1.165, 1.54) is 0 Å². The molecule has 5 rings (SSSR count). The van der Waals surface area contributed by atoms with Gasteiger partial charge in [-0.05, 0) is 30.9 Å². The van der Waals surface area contributed by atoms with Gasteiger partial charge in [-0.2, -0.15) is 5.10 Å². The molecular formula is C24H22ClN5O. The Hall–Kier alpha value is -3.17. The van der Waals surface area contributed by atoms with E-state index in [2.05, 4.69) is 21.4 Å². The van der Waals surface area contributed by atoms with Gasteiger partial charge in [0, 0.05) is 40.9 Å². The molecule has 3 atom stereocenters. The lowest BCUT2D eigenvalue weighted by Gasteiger charge is -2.44. The zero-order chi connectivity index (χ0) is 21.9. The van der Waals surface area contributed by atoms with Gasteiger partial charge in [0.05, 0.1) is 24.2 Å². The summed E-state index contributed by atoms with van der Waals surface area (Å²) in [6.07, 6.45) is 7.32. The van der Waals surface area contributed by atoms with Crippen LogP contribution < -0.4 is 0 Å². The number of nitrogens with zero attached hydrogens (tertiary/aromatic N) is 5. The average molecular weight is 432 g/mol. The maximum Gasteiger partial charge on any atom is 0.226 e. The molecule has 0 spiro atoms. The molecule has 0 aliphatic heterocycles. The first-order valence-electron chi connectivity index (χ1n) is 10.3. The second kappa shape index (κ2) is 6.93. The van der Waals surface area contributed by atoms with Crippen LogP contribution >= 0.6 is 11.6 Å². The second-order valence-electron chi connectivity index (χ2n) is 8.67. The lowest BCUT2D eigenvalue weighted by molar-refractivity contribution is -0.121. The Morgan fingerprint density at radius 2 is 2.16 bits per heavy atom. The van der Waals surface area contributed by atoms with Gasteiger partial charge in [0.25, 0.3) is 0 Å². The van der Waals surface area contributed by atoms with Crippen LogP contribution in [0.2, 0.25) is 5.02 Å². The van der Waals surface area contributed by atoms with E-state index in [0.717, 1.165) is 41.3 Å². The van der Waals surface area contributed by atoms with Crippen molar-refractivity contribution in [3.05, 3.63) is 76.3 Å². The number of halogens is 1. The Morgan fingerprint density at radius 1 is 1.35 bits per heavy atom. The number of ketones is 1. The van der Waals surface area contributed by atoms with E-state index >= 15 is 0 Å². The Balaban J connectivity index is 1.80. The molecule has 31 heavy (non-hydrogen) atoms. The summed E-state index contributed by atoms with van der Waals surface area (Å²) in [5.74, 6) is 0.653. The molecule has 2 aliphatic carbocycles. The van der Waals surface area contributed by atoms with Crippen LogP contribution in [0.3, 0.4) is 0 Å². The van der Waals surface area contributed by atoms with Crippen molar-refractivity contribution in [1.29, 1.82) is 0 Å². The van der Waals surface area contributed by atoms with E-state index in [4.69, 9.17) is 23.2 Å². The van der Waals surface area contributed by atoms with Crippen LogP contribution in [-0.4, -0.2) is 25.1 Å². The molecule has 156 valence electrons. The number of rotatable bonds is 2. The molecule has 2 heterocycles. The summed E-state index contributed by atoms with van der Waals surface area (Å²) in [6.45, 7) is 11.6. The number of allylic oxidation sites excluding steroid dienone is 2. The predicted molar refractivity (Wildman–Crippen MR) is 119 cm³/mol. The second-order valence-corrected chi connectivity index (χ2v) is 9.11. The van der Waals surface area contributed by atoms with Crippen LogP contribution in [0, 0.1) is 18.4 Å². The SMILES string of the molecule is [C-]#[N+]C1=C[C@@]2(C)c3nc(-c4cccc(Cl)c4)n(-c4cnn(C)c4)c3CC[C@@H]2[C@@H](C)C1=O. The highest BCUT2D eigenvalue weighted by Gasteiger charge is 2.50. The minimum absolute atomic E-state index is 0.0531. The molecule has 0 unspecified atom stereocenters. The highest BCUT2D eigenvalue weighted by Crippen LogP contribution is 2.51. The van der Waals surface area contributed by atoms with Crippen LogP contribution in [0.1, 0.15) is 31.7 Å². The Bertz CT molecular complexity index is 1290. The highest BCUT2D eigenvalue weighted by atomic mass is 35.5. The minimum Gasteiger partial charge on any atom is -0.308 e. The zero-order valence-electron chi connectivity index (χ0n) is 17.6. The molecule has 0 fully saturated rings. The zero-order valence-corrected chi connectivity index (χ0v) is 18.4. The van der Waals surface area contributed by atoms with Gasteiger partial charge in [0.1, 0.15) is 5.82 Å². The molecule has 0 amide bonds.